The minimum absolute atomic E-state index is 0.0583. The van der Waals surface area contributed by atoms with E-state index in [1.807, 2.05) is 30.3 Å². The largest absolute Gasteiger partial charge is 0.329 e. The molecule has 0 saturated heterocycles. The molecule has 1 unspecified atom stereocenters. The molecular formula is C16H15Cl2NO. The lowest BCUT2D eigenvalue weighted by molar-refractivity contribution is -0.119. The molecule has 104 valence electrons. The quantitative estimate of drug-likeness (QED) is 0.912. The molecule has 0 saturated carbocycles. The standard InChI is InChI=1S/C16H15Cl2NO/c17-13-7-6-12(15(18)9-13)8-16(20)14(10-19)11-4-2-1-3-5-11/h1-7,9,14H,8,10,19H2. The number of nitrogens with two attached hydrogens (primary N) is 1. The molecule has 1 atom stereocenters. The van der Waals surface area contributed by atoms with Crippen LogP contribution in [0.1, 0.15) is 17.0 Å². The van der Waals surface area contributed by atoms with Gasteiger partial charge in [0.25, 0.3) is 0 Å². The molecule has 2 aromatic carbocycles. The Bertz CT molecular complexity index is 599. The fourth-order valence-electron chi connectivity index (χ4n) is 2.11. The van der Waals surface area contributed by atoms with E-state index >= 15 is 0 Å². The summed E-state index contributed by atoms with van der Waals surface area (Å²) < 4.78 is 0. The van der Waals surface area contributed by atoms with Crippen LogP contribution in [0.25, 0.3) is 0 Å². The zero-order valence-electron chi connectivity index (χ0n) is 10.9. The van der Waals surface area contributed by atoms with E-state index in [0.717, 1.165) is 11.1 Å². The third-order valence-electron chi connectivity index (χ3n) is 3.21. The molecule has 0 aliphatic heterocycles. The van der Waals surface area contributed by atoms with Gasteiger partial charge in [-0.1, -0.05) is 59.6 Å². The fourth-order valence-corrected chi connectivity index (χ4v) is 2.59. The van der Waals surface area contributed by atoms with E-state index in [9.17, 15) is 4.79 Å². The Hall–Kier alpha value is -1.35. The second-order valence-corrected chi connectivity index (χ2v) is 5.42. The molecule has 0 aliphatic rings. The van der Waals surface area contributed by atoms with Crippen LogP contribution in [0.4, 0.5) is 0 Å². The van der Waals surface area contributed by atoms with Gasteiger partial charge >= 0.3 is 0 Å². The Kier molecular flexibility index (Phi) is 5.18. The van der Waals surface area contributed by atoms with Gasteiger partial charge in [0.15, 0.2) is 0 Å². The van der Waals surface area contributed by atoms with Crippen LogP contribution in [0.2, 0.25) is 10.0 Å². The minimum atomic E-state index is -0.303. The molecule has 0 bridgehead atoms. The monoisotopic (exact) mass is 307 g/mol. The van der Waals surface area contributed by atoms with Crippen LogP contribution in [-0.2, 0) is 11.2 Å². The predicted octanol–water partition coefficient (Wildman–Crippen LogP) is 3.85. The van der Waals surface area contributed by atoms with Crippen molar-refractivity contribution in [3.05, 3.63) is 69.7 Å². The Morgan fingerprint density at radius 2 is 1.80 bits per heavy atom. The first-order valence-electron chi connectivity index (χ1n) is 6.33. The van der Waals surface area contributed by atoms with Gasteiger partial charge in [-0.2, -0.15) is 0 Å². The number of carbonyl (C=O) groups excluding carboxylic acids is 1. The molecule has 0 heterocycles. The van der Waals surface area contributed by atoms with Crippen LogP contribution in [0.3, 0.4) is 0 Å². The molecule has 20 heavy (non-hydrogen) atoms. The number of halogens is 2. The Labute approximate surface area is 128 Å². The van der Waals surface area contributed by atoms with Crippen molar-refractivity contribution in [2.24, 2.45) is 5.73 Å². The van der Waals surface area contributed by atoms with Gasteiger partial charge in [0.05, 0.1) is 5.92 Å². The number of hydrogen-bond acceptors (Lipinski definition) is 2. The number of ketones is 1. The normalized spacial score (nSPS) is 12.2. The maximum absolute atomic E-state index is 12.4. The van der Waals surface area contributed by atoms with Crippen molar-refractivity contribution in [2.45, 2.75) is 12.3 Å². The summed E-state index contributed by atoms with van der Waals surface area (Å²) in [5, 5.41) is 1.07. The van der Waals surface area contributed by atoms with E-state index in [0.29, 0.717) is 10.0 Å². The summed E-state index contributed by atoms with van der Waals surface area (Å²) in [7, 11) is 0. The van der Waals surface area contributed by atoms with Crippen LogP contribution in [0, 0.1) is 0 Å². The molecule has 2 rings (SSSR count). The second kappa shape index (κ2) is 6.89. The van der Waals surface area contributed by atoms with Gasteiger partial charge < -0.3 is 5.73 Å². The van der Waals surface area contributed by atoms with Gasteiger partial charge in [-0.05, 0) is 23.3 Å². The topological polar surface area (TPSA) is 43.1 Å². The van der Waals surface area contributed by atoms with Crippen molar-refractivity contribution in [3.63, 3.8) is 0 Å². The highest BCUT2D eigenvalue weighted by Crippen LogP contribution is 2.24. The third-order valence-corrected chi connectivity index (χ3v) is 3.79. The van der Waals surface area contributed by atoms with Gasteiger partial charge in [0, 0.05) is 23.0 Å². The highest BCUT2D eigenvalue weighted by Gasteiger charge is 2.19. The number of carbonyl (C=O) groups is 1. The fraction of sp³-hybridized carbons (Fsp3) is 0.188. The highest BCUT2D eigenvalue weighted by atomic mass is 35.5. The summed E-state index contributed by atoms with van der Waals surface area (Å²) in [6.07, 6.45) is 0.257. The maximum Gasteiger partial charge on any atom is 0.146 e. The second-order valence-electron chi connectivity index (χ2n) is 4.58. The molecule has 0 radical (unpaired) electrons. The Morgan fingerprint density at radius 1 is 1.10 bits per heavy atom. The van der Waals surface area contributed by atoms with E-state index in [-0.39, 0.29) is 24.7 Å². The smallest absolute Gasteiger partial charge is 0.146 e. The average molecular weight is 308 g/mol. The van der Waals surface area contributed by atoms with Crippen molar-refractivity contribution in [2.75, 3.05) is 6.54 Å². The zero-order valence-corrected chi connectivity index (χ0v) is 12.4. The summed E-state index contributed by atoms with van der Waals surface area (Å²) in [5.41, 5.74) is 7.46. The number of rotatable bonds is 5. The van der Waals surface area contributed by atoms with Crippen molar-refractivity contribution in [1.29, 1.82) is 0 Å². The van der Waals surface area contributed by atoms with E-state index in [1.165, 1.54) is 0 Å². The van der Waals surface area contributed by atoms with Crippen molar-refractivity contribution < 1.29 is 4.79 Å². The van der Waals surface area contributed by atoms with Gasteiger partial charge in [0.1, 0.15) is 5.78 Å². The van der Waals surface area contributed by atoms with Gasteiger partial charge in [-0.15, -0.1) is 0 Å². The molecule has 0 aromatic heterocycles. The van der Waals surface area contributed by atoms with Crippen LogP contribution < -0.4 is 5.73 Å². The molecule has 4 heteroatoms. The lowest BCUT2D eigenvalue weighted by Crippen LogP contribution is -2.23. The van der Waals surface area contributed by atoms with Crippen molar-refractivity contribution >= 4 is 29.0 Å². The number of hydrogen-bond donors (Lipinski definition) is 1. The van der Waals surface area contributed by atoms with E-state index in [2.05, 4.69) is 0 Å². The first-order valence-corrected chi connectivity index (χ1v) is 7.09. The molecule has 0 spiro atoms. The lowest BCUT2D eigenvalue weighted by Gasteiger charge is -2.14. The van der Waals surface area contributed by atoms with Crippen molar-refractivity contribution in [3.8, 4) is 0 Å². The molecule has 2 nitrogen and oxygen atoms in total. The summed E-state index contributed by atoms with van der Waals surface area (Å²) in [6, 6.07) is 14.7. The summed E-state index contributed by atoms with van der Waals surface area (Å²) in [4.78, 5) is 12.4. The minimum Gasteiger partial charge on any atom is -0.329 e. The van der Waals surface area contributed by atoms with Crippen LogP contribution in [0.5, 0.6) is 0 Å². The average Bonchev–Trinajstić information content (AvgIpc) is 2.44. The summed E-state index contributed by atoms with van der Waals surface area (Å²) >= 11 is 11.9. The molecule has 2 N–H and O–H groups in total. The Morgan fingerprint density at radius 3 is 2.40 bits per heavy atom. The molecule has 0 amide bonds. The number of Topliss-reactive ketones (excluding diaryl/α,β-unsaturated/α-hetero) is 1. The summed E-state index contributed by atoms with van der Waals surface area (Å²) in [6.45, 7) is 0.286. The third kappa shape index (κ3) is 3.60. The first-order chi connectivity index (χ1) is 9.61. The van der Waals surface area contributed by atoms with Gasteiger partial charge in [-0.3, -0.25) is 4.79 Å². The highest BCUT2D eigenvalue weighted by molar-refractivity contribution is 6.35. The molecule has 2 aromatic rings. The SMILES string of the molecule is NCC(C(=O)Cc1ccc(Cl)cc1Cl)c1ccccc1. The predicted molar refractivity (Wildman–Crippen MR) is 83.4 cm³/mol. The van der Waals surface area contributed by atoms with Crippen LogP contribution in [0.15, 0.2) is 48.5 Å². The van der Waals surface area contributed by atoms with Gasteiger partial charge in [0.2, 0.25) is 0 Å². The van der Waals surface area contributed by atoms with Gasteiger partial charge in [-0.25, -0.2) is 0 Å². The van der Waals surface area contributed by atoms with Crippen LogP contribution in [-0.4, -0.2) is 12.3 Å². The van der Waals surface area contributed by atoms with Crippen LogP contribution >= 0.6 is 23.2 Å². The molecule has 0 aliphatic carbocycles. The summed E-state index contributed by atoms with van der Waals surface area (Å²) in [5.74, 6) is -0.245. The zero-order chi connectivity index (χ0) is 14.5. The van der Waals surface area contributed by atoms with E-state index in [1.54, 1.807) is 18.2 Å². The van der Waals surface area contributed by atoms with E-state index < -0.39 is 0 Å². The van der Waals surface area contributed by atoms with Crippen molar-refractivity contribution in [1.82, 2.24) is 0 Å². The Balaban J connectivity index is 2.18. The lowest BCUT2D eigenvalue weighted by atomic mass is 9.91. The first kappa shape index (κ1) is 15.0. The molecular weight excluding hydrogens is 293 g/mol. The maximum atomic E-state index is 12.4. The molecule has 0 fully saturated rings. The number of benzene rings is 2. The van der Waals surface area contributed by atoms with E-state index in [4.69, 9.17) is 28.9 Å².